The highest BCUT2D eigenvalue weighted by molar-refractivity contribution is 5.97. The number of nitrogens with zero attached hydrogens (tertiary/aromatic N) is 1. The SMILES string of the molecule is CC1CC1CNc1nc(C(=O)O)cc2ccccc12. The van der Waals surface area contributed by atoms with E-state index in [2.05, 4.69) is 17.2 Å². The number of carbonyl (C=O) groups is 1. The molecule has 4 nitrogen and oxygen atoms in total. The van der Waals surface area contributed by atoms with Crippen LogP contribution in [0.4, 0.5) is 5.82 Å². The van der Waals surface area contributed by atoms with Crippen molar-refractivity contribution in [1.29, 1.82) is 0 Å². The van der Waals surface area contributed by atoms with E-state index in [-0.39, 0.29) is 5.69 Å². The Balaban J connectivity index is 1.97. The number of hydrogen-bond acceptors (Lipinski definition) is 3. The Kier molecular flexibility index (Phi) is 2.85. The van der Waals surface area contributed by atoms with Gasteiger partial charge in [0.25, 0.3) is 0 Å². The molecule has 2 N–H and O–H groups in total. The molecule has 0 amide bonds. The minimum Gasteiger partial charge on any atom is -0.477 e. The molecule has 98 valence electrons. The van der Waals surface area contributed by atoms with Crippen LogP contribution in [0.2, 0.25) is 0 Å². The maximum Gasteiger partial charge on any atom is 0.354 e. The Morgan fingerprint density at radius 1 is 1.47 bits per heavy atom. The van der Waals surface area contributed by atoms with Gasteiger partial charge >= 0.3 is 5.97 Å². The monoisotopic (exact) mass is 256 g/mol. The van der Waals surface area contributed by atoms with Gasteiger partial charge in [-0.15, -0.1) is 0 Å². The summed E-state index contributed by atoms with van der Waals surface area (Å²) in [5, 5.41) is 14.3. The largest absolute Gasteiger partial charge is 0.477 e. The average Bonchev–Trinajstić information content (AvgIpc) is 3.11. The van der Waals surface area contributed by atoms with Crippen LogP contribution in [0, 0.1) is 11.8 Å². The predicted molar refractivity (Wildman–Crippen MR) is 74.5 cm³/mol. The number of fused-ring (bicyclic) bond motifs is 1. The van der Waals surface area contributed by atoms with Gasteiger partial charge in [0.1, 0.15) is 5.82 Å². The molecule has 3 rings (SSSR count). The van der Waals surface area contributed by atoms with Gasteiger partial charge in [-0.2, -0.15) is 0 Å². The molecule has 0 radical (unpaired) electrons. The Bertz CT molecular complexity index is 639. The number of rotatable bonds is 4. The summed E-state index contributed by atoms with van der Waals surface area (Å²) in [4.78, 5) is 15.3. The molecule has 1 aliphatic carbocycles. The smallest absolute Gasteiger partial charge is 0.354 e. The molecule has 19 heavy (non-hydrogen) atoms. The van der Waals surface area contributed by atoms with Gasteiger partial charge in [0.15, 0.2) is 5.69 Å². The van der Waals surface area contributed by atoms with Gasteiger partial charge in [-0.25, -0.2) is 9.78 Å². The maximum absolute atomic E-state index is 11.1. The second-order valence-electron chi connectivity index (χ2n) is 5.24. The van der Waals surface area contributed by atoms with E-state index in [1.807, 2.05) is 24.3 Å². The number of anilines is 1. The summed E-state index contributed by atoms with van der Waals surface area (Å²) in [6, 6.07) is 9.33. The fourth-order valence-corrected chi connectivity index (χ4v) is 2.35. The molecule has 0 spiro atoms. The van der Waals surface area contributed by atoms with Crippen molar-refractivity contribution in [2.75, 3.05) is 11.9 Å². The lowest BCUT2D eigenvalue weighted by Gasteiger charge is -2.09. The zero-order chi connectivity index (χ0) is 13.4. The molecule has 4 heteroatoms. The third-order valence-corrected chi connectivity index (χ3v) is 3.77. The molecular formula is C15H16N2O2. The molecule has 1 heterocycles. The normalized spacial score (nSPS) is 21.3. The summed E-state index contributed by atoms with van der Waals surface area (Å²) >= 11 is 0. The number of carboxylic acid groups (broad SMARTS) is 1. The summed E-state index contributed by atoms with van der Waals surface area (Å²) in [6.07, 6.45) is 1.24. The highest BCUT2D eigenvalue weighted by Crippen LogP contribution is 2.37. The molecule has 0 bridgehead atoms. The minimum absolute atomic E-state index is 0.0880. The van der Waals surface area contributed by atoms with Crippen LogP contribution in [0.15, 0.2) is 30.3 Å². The molecular weight excluding hydrogens is 240 g/mol. The number of carboxylic acids is 1. The van der Waals surface area contributed by atoms with E-state index in [1.165, 1.54) is 6.42 Å². The third-order valence-electron chi connectivity index (χ3n) is 3.77. The molecule has 1 fully saturated rings. The number of pyridine rings is 1. The first kappa shape index (κ1) is 12.0. The number of aromatic nitrogens is 1. The first-order valence-electron chi connectivity index (χ1n) is 6.52. The van der Waals surface area contributed by atoms with Gasteiger partial charge in [-0.1, -0.05) is 31.2 Å². The van der Waals surface area contributed by atoms with E-state index >= 15 is 0 Å². The van der Waals surface area contributed by atoms with Gasteiger partial charge in [-0.05, 0) is 29.7 Å². The van der Waals surface area contributed by atoms with Crippen molar-refractivity contribution in [2.45, 2.75) is 13.3 Å². The third kappa shape index (κ3) is 2.38. The van der Waals surface area contributed by atoms with E-state index in [0.29, 0.717) is 11.7 Å². The first-order valence-corrected chi connectivity index (χ1v) is 6.52. The van der Waals surface area contributed by atoms with Gasteiger partial charge < -0.3 is 10.4 Å². The highest BCUT2D eigenvalue weighted by Gasteiger charge is 2.32. The van der Waals surface area contributed by atoms with Gasteiger partial charge in [0, 0.05) is 11.9 Å². The first-order chi connectivity index (χ1) is 9.15. The maximum atomic E-state index is 11.1. The van der Waals surface area contributed by atoms with E-state index in [0.717, 1.165) is 23.2 Å². The van der Waals surface area contributed by atoms with Crippen molar-refractivity contribution in [2.24, 2.45) is 11.8 Å². The van der Waals surface area contributed by atoms with E-state index in [4.69, 9.17) is 5.11 Å². The Morgan fingerprint density at radius 3 is 2.89 bits per heavy atom. The molecule has 2 aromatic rings. The molecule has 1 aromatic carbocycles. The van der Waals surface area contributed by atoms with Crippen LogP contribution in [-0.2, 0) is 0 Å². The van der Waals surface area contributed by atoms with Crippen LogP contribution in [-0.4, -0.2) is 22.6 Å². The van der Waals surface area contributed by atoms with Crippen molar-refractivity contribution < 1.29 is 9.90 Å². The summed E-state index contributed by atoms with van der Waals surface area (Å²) in [5.74, 6) is 1.14. The highest BCUT2D eigenvalue weighted by atomic mass is 16.4. The van der Waals surface area contributed by atoms with Crippen molar-refractivity contribution >= 4 is 22.6 Å². The Labute approximate surface area is 111 Å². The number of nitrogens with one attached hydrogen (secondary N) is 1. The standard InChI is InChI=1S/C15H16N2O2/c1-9-6-11(9)8-16-14-12-5-3-2-4-10(12)7-13(17-14)15(18)19/h2-5,7,9,11H,6,8H2,1H3,(H,16,17)(H,18,19). The van der Waals surface area contributed by atoms with Crippen LogP contribution in [0.3, 0.4) is 0 Å². The second-order valence-corrected chi connectivity index (χ2v) is 5.24. The molecule has 1 aliphatic rings. The zero-order valence-corrected chi connectivity index (χ0v) is 10.8. The molecule has 0 aliphatic heterocycles. The molecule has 1 saturated carbocycles. The molecule has 2 atom stereocenters. The van der Waals surface area contributed by atoms with Crippen LogP contribution >= 0.6 is 0 Å². The van der Waals surface area contributed by atoms with Gasteiger partial charge in [0.05, 0.1) is 0 Å². The predicted octanol–water partition coefficient (Wildman–Crippen LogP) is 3.00. The molecule has 1 aromatic heterocycles. The van der Waals surface area contributed by atoms with Crippen molar-refractivity contribution in [3.8, 4) is 0 Å². The van der Waals surface area contributed by atoms with Gasteiger partial charge in [0.2, 0.25) is 0 Å². The summed E-state index contributed by atoms with van der Waals surface area (Å²) in [7, 11) is 0. The van der Waals surface area contributed by atoms with Crippen LogP contribution < -0.4 is 5.32 Å². The number of benzene rings is 1. The van der Waals surface area contributed by atoms with Crippen LogP contribution in [0.1, 0.15) is 23.8 Å². The summed E-state index contributed by atoms with van der Waals surface area (Å²) < 4.78 is 0. The lowest BCUT2D eigenvalue weighted by atomic mass is 10.1. The van der Waals surface area contributed by atoms with Crippen molar-refractivity contribution in [3.05, 3.63) is 36.0 Å². The Hall–Kier alpha value is -2.10. The fourth-order valence-electron chi connectivity index (χ4n) is 2.35. The quantitative estimate of drug-likeness (QED) is 0.882. The Morgan fingerprint density at radius 2 is 2.21 bits per heavy atom. The number of hydrogen-bond donors (Lipinski definition) is 2. The topological polar surface area (TPSA) is 62.2 Å². The van der Waals surface area contributed by atoms with Crippen LogP contribution in [0.25, 0.3) is 10.8 Å². The lowest BCUT2D eigenvalue weighted by molar-refractivity contribution is 0.0691. The van der Waals surface area contributed by atoms with Crippen molar-refractivity contribution in [3.63, 3.8) is 0 Å². The average molecular weight is 256 g/mol. The fraction of sp³-hybridized carbons (Fsp3) is 0.333. The van der Waals surface area contributed by atoms with E-state index < -0.39 is 5.97 Å². The lowest BCUT2D eigenvalue weighted by Crippen LogP contribution is -2.09. The molecule has 2 unspecified atom stereocenters. The summed E-state index contributed by atoms with van der Waals surface area (Å²) in [5.41, 5.74) is 0.0880. The van der Waals surface area contributed by atoms with E-state index in [1.54, 1.807) is 6.07 Å². The van der Waals surface area contributed by atoms with E-state index in [9.17, 15) is 4.79 Å². The number of aromatic carboxylic acids is 1. The minimum atomic E-state index is -0.992. The second kappa shape index (κ2) is 4.53. The van der Waals surface area contributed by atoms with Crippen LogP contribution in [0.5, 0.6) is 0 Å². The summed E-state index contributed by atoms with van der Waals surface area (Å²) in [6.45, 7) is 3.09. The molecule has 0 saturated heterocycles. The zero-order valence-electron chi connectivity index (χ0n) is 10.8. The van der Waals surface area contributed by atoms with Crippen molar-refractivity contribution in [1.82, 2.24) is 4.98 Å². The van der Waals surface area contributed by atoms with Gasteiger partial charge in [-0.3, -0.25) is 0 Å².